The van der Waals surface area contributed by atoms with E-state index in [1.54, 1.807) is 0 Å². The Morgan fingerprint density at radius 2 is 2.29 bits per heavy atom. The van der Waals surface area contributed by atoms with Gasteiger partial charge in [0.2, 0.25) is 5.91 Å². The molecule has 1 saturated carbocycles. The average Bonchev–Trinajstić information content (AvgIpc) is 2.67. The lowest BCUT2D eigenvalue weighted by atomic mass is 9.62. The van der Waals surface area contributed by atoms with Crippen molar-refractivity contribution in [2.45, 2.75) is 33.2 Å². The molecule has 4 nitrogen and oxygen atoms in total. The van der Waals surface area contributed by atoms with Gasteiger partial charge in [-0.2, -0.15) is 0 Å². The number of carbonyl (C=O) groups is 1. The lowest BCUT2D eigenvalue weighted by Gasteiger charge is -2.44. The predicted molar refractivity (Wildman–Crippen MR) is 65.2 cm³/mol. The molecule has 0 saturated heterocycles. The largest absolute Gasteiger partial charge is 0.465 e. The Bertz CT molecular complexity index is 405. The molecule has 0 radical (unpaired) electrons. The zero-order chi connectivity index (χ0) is 12.5. The van der Waals surface area contributed by atoms with Crippen molar-refractivity contribution in [3.8, 4) is 0 Å². The van der Waals surface area contributed by atoms with Crippen LogP contribution in [0.5, 0.6) is 0 Å². The molecule has 94 valence electrons. The van der Waals surface area contributed by atoms with Gasteiger partial charge in [-0.05, 0) is 37.8 Å². The van der Waals surface area contributed by atoms with Gasteiger partial charge < -0.3 is 15.5 Å². The number of hydrogen-bond acceptors (Lipinski definition) is 3. The first kappa shape index (κ1) is 12.2. The highest BCUT2D eigenvalue weighted by Gasteiger charge is 2.46. The highest BCUT2D eigenvalue weighted by atomic mass is 16.3. The normalized spacial score (nSPS) is 27.6. The van der Waals surface area contributed by atoms with Crippen molar-refractivity contribution < 1.29 is 9.21 Å². The number of nitrogens with two attached hydrogens (primary N) is 1. The molecule has 1 aromatic heterocycles. The first-order valence-electron chi connectivity index (χ1n) is 6.09. The van der Waals surface area contributed by atoms with Crippen molar-refractivity contribution in [1.82, 2.24) is 5.32 Å². The van der Waals surface area contributed by atoms with Gasteiger partial charge in [0.15, 0.2) is 0 Å². The summed E-state index contributed by atoms with van der Waals surface area (Å²) in [6, 6.07) is 3.78. The minimum Gasteiger partial charge on any atom is -0.465 e. The van der Waals surface area contributed by atoms with E-state index in [-0.39, 0.29) is 11.3 Å². The summed E-state index contributed by atoms with van der Waals surface area (Å²) in [5.41, 5.74) is 5.39. The molecule has 1 aliphatic carbocycles. The summed E-state index contributed by atoms with van der Waals surface area (Å²) >= 11 is 0. The Labute approximate surface area is 102 Å². The van der Waals surface area contributed by atoms with E-state index < -0.39 is 0 Å². The molecule has 17 heavy (non-hydrogen) atoms. The minimum absolute atomic E-state index is 0.0622. The predicted octanol–water partition coefficient (Wildman–Crippen LogP) is 1.58. The van der Waals surface area contributed by atoms with E-state index in [4.69, 9.17) is 10.2 Å². The van der Waals surface area contributed by atoms with E-state index in [0.29, 0.717) is 19.0 Å². The Morgan fingerprint density at radius 3 is 2.76 bits per heavy atom. The highest BCUT2D eigenvalue weighted by molar-refractivity contribution is 5.83. The first-order valence-corrected chi connectivity index (χ1v) is 6.09. The highest BCUT2D eigenvalue weighted by Crippen LogP contribution is 2.44. The van der Waals surface area contributed by atoms with Gasteiger partial charge in [-0.1, -0.05) is 6.92 Å². The van der Waals surface area contributed by atoms with E-state index in [0.717, 1.165) is 24.4 Å². The fourth-order valence-corrected chi connectivity index (χ4v) is 2.65. The van der Waals surface area contributed by atoms with Crippen LogP contribution in [0.3, 0.4) is 0 Å². The standard InChI is InChI=1S/C13H20N2O2/c1-9-5-13(6-9,8-14)12(16)15-7-11-4-3-10(2)17-11/h3-4,9H,5-8,14H2,1-2H3,(H,15,16). The van der Waals surface area contributed by atoms with Gasteiger partial charge in [-0.15, -0.1) is 0 Å². The maximum Gasteiger partial charge on any atom is 0.227 e. The number of furan rings is 1. The molecule has 4 heteroatoms. The lowest BCUT2D eigenvalue weighted by Crippen LogP contribution is -2.53. The van der Waals surface area contributed by atoms with Gasteiger partial charge in [0.05, 0.1) is 12.0 Å². The molecule has 1 fully saturated rings. The van der Waals surface area contributed by atoms with Crippen molar-refractivity contribution in [1.29, 1.82) is 0 Å². The number of amides is 1. The summed E-state index contributed by atoms with van der Waals surface area (Å²) in [4.78, 5) is 12.1. The van der Waals surface area contributed by atoms with E-state index in [9.17, 15) is 4.79 Å². The van der Waals surface area contributed by atoms with Crippen LogP contribution in [0.15, 0.2) is 16.5 Å². The van der Waals surface area contributed by atoms with Crippen molar-refractivity contribution in [3.63, 3.8) is 0 Å². The van der Waals surface area contributed by atoms with Gasteiger partial charge in [0.1, 0.15) is 11.5 Å². The number of carbonyl (C=O) groups excluding carboxylic acids is 1. The van der Waals surface area contributed by atoms with Crippen LogP contribution < -0.4 is 11.1 Å². The van der Waals surface area contributed by atoms with Crippen LogP contribution in [0.25, 0.3) is 0 Å². The summed E-state index contributed by atoms with van der Waals surface area (Å²) < 4.78 is 5.41. The summed E-state index contributed by atoms with van der Waals surface area (Å²) in [7, 11) is 0. The summed E-state index contributed by atoms with van der Waals surface area (Å²) in [5.74, 6) is 2.32. The van der Waals surface area contributed by atoms with Crippen molar-refractivity contribution in [2.75, 3.05) is 6.54 Å². The molecule has 0 bridgehead atoms. The number of rotatable bonds is 4. The van der Waals surface area contributed by atoms with Crippen LogP contribution in [-0.2, 0) is 11.3 Å². The van der Waals surface area contributed by atoms with Crippen LogP contribution in [0.4, 0.5) is 0 Å². The summed E-state index contributed by atoms with van der Waals surface area (Å²) in [5, 5.41) is 2.91. The van der Waals surface area contributed by atoms with E-state index in [1.807, 2.05) is 19.1 Å². The second-order valence-corrected chi connectivity index (χ2v) is 5.19. The minimum atomic E-state index is -0.332. The number of nitrogens with one attached hydrogen (secondary N) is 1. The Balaban J connectivity index is 1.89. The molecule has 2 rings (SSSR count). The lowest BCUT2D eigenvalue weighted by molar-refractivity contribution is -0.138. The second-order valence-electron chi connectivity index (χ2n) is 5.19. The molecule has 0 aliphatic heterocycles. The average molecular weight is 236 g/mol. The van der Waals surface area contributed by atoms with Crippen molar-refractivity contribution >= 4 is 5.91 Å². The third kappa shape index (κ3) is 2.36. The zero-order valence-corrected chi connectivity index (χ0v) is 10.5. The Morgan fingerprint density at radius 1 is 1.59 bits per heavy atom. The maximum absolute atomic E-state index is 12.1. The number of aryl methyl sites for hydroxylation is 1. The smallest absolute Gasteiger partial charge is 0.227 e. The summed E-state index contributed by atoms with van der Waals surface area (Å²) in [6.07, 6.45) is 1.79. The zero-order valence-electron chi connectivity index (χ0n) is 10.5. The molecule has 0 spiro atoms. The number of hydrogen-bond donors (Lipinski definition) is 2. The molecule has 1 heterocycles. The van der Waals surface area contributed by atoms with Crippen molar-refractivity contribution in [3.05, 3.63) is 23.7 Å². The Kier molecular flexibility index (Phi) is 3.24. The van der Waals surface area contributed by atoms with Crippen LogP contribution in [0.1, 0.15) is 31.3 Å². The molecule has 3 N–H and O–H groups in total. The molecule has 1 aromatic rings. The van der Waals surface area contributed by atoms with Gasteiger partial charge in [-0.25, -0.2) is 0 Å². The van der Waals surface area contributed by atoms with Crippen molar-refractivity contribution in [2.24, 2.45) is 17.1 Å². The fourth-order valence-electron chi connectivity index (χ4n) is 2.65. The molecule has 0 unspecified atom stereocenters. The van der Waals surface area contributed by atoms with Crippen LogP contribution in [0, 0.1) is 18.3 Å². The van der Waals surface area contributed by atoms with Gasteiger partial charge in [0.25, 0.3) is 0 Å². The third-order valence-electron chi connectivity index (χ3n) is 3.57. The molecular weight excluding hydrogens is 216 g/mol. The van der Waals surface area contributed by atoms with Gasteiger partial charge >= 0.3 is 0 Å². The quantitative estimate of drug-likeness (QED) is 0.834. The third-order valence-corrected chi connectivity index (χ3v) is 3.57. The van der Waals surface area contributed by atoms with E-state index >= 15 is 0 Å². The van der Waals surface area contributed by atoms with Crippen LogP contribution in [0.2, 0.25) is 0 Å². The molecular formula is C13H20N2O2. The maximum atomic E-state index is 12.1. The molecule has 1 amide bonds. The van der Waals surface area contributed by atoms with Gasteiger partial charge in [0, 0.05) is 6.54 Å². The molecule has 1 aliphatic rings. The first-order chi connectivity index (χ1) is 8.05. The molecule has 0 aromatic carbocycles. The molecule has 0 atom stereocenters. The fraction of sp³-hybridized carbons (Fsp3) is 0.615. The second kappa shape index (κ2) is 4.53. The SMILES string of the molecule is Cc1ccc(CNC(=O)C2(CN)CC(C)C2)o1. The Hall–Kier alpha value is -1.29. The van der Waals surface area contributed by atoms with E-state index in [1.165, 1.54) is 0 Å². The van der Waals surface area contributed by atoms with Crippen LogP contribution in [-0.4, -0.2) is 12.5 Å². The van der Waals surface area contributed by atoms with Crippen LogP contribution >= 0.6 is 0 Å². The topological polar surface area (TPSA) is 68.3 Å². The van der Waals surface area contributed by atoms with Gasteiger partial charge in [-0.3, -0.25) is 4.79 Å². The monoisotopic (exact) mass is 236 g/mol. The van der Waals surface area contributed by atoms with E-state index in [2.05, 4.69) is 12.2 Å². The summed E-state index contributed by atoms with van der Waals surface area (Å²) in [6.45, 7) is 4.92.